The zero-order valence-corrected chi connectivity index (χ0v) is 10.5. The van der Waals surface area contributed by atoms with Crippen LogP contribution < -0.4 is 5.73 Å². The normalized spacial score (nSPS) is 20.2. The van der Waals surface area contributed by atoms with Gasteiger partial charge in [-0.3, -0.25) is 0 Å². The summed E-state index contributed by atoms with van der Waals surface area (Å²) in [5.74, 6) is 0. The SMILES string of the molecule is Nc1ccc2c(c1)CCCC2=C1CCCCC1. The van der Waals surface area contributed by atoms with Gasteiger partial charge in [-0.1, -0.05) is 18.1 Å². The maximum absolute atomic E-state index is 5.89. The molecule has 1 saturated carbocycles. The van der Waals surface area contributed by atoms with Crippen molar-refractivity contribution >= 4 is 11.3 Å². The van der Waals surface area contributed by atoms with Gasteiger partial charge < -0.3 is 5.73 Å². The summed E-state index contributed by atoms with van der Waals surface area (Å²) in [5.41, 5.74) is 13.2. The maximum atomic E-state index is 5.89. The van der Waals surface area contributed by atoms with Gasteiger partial charge in [0.05, 0.1) is 0 Å². The highest BCUT2D eigenvalue weighted by Crippen LogP contribution is 2.38. The van der Waals surface area contributed by atoms with E-state index in [2.05, 4.69) is 18.2 Å². The van der Waals surface area contributed by atoms with Crippen LogP contribution in [-0.4, -0.2) is 0 Å². The molecule has 0 saturated heterocycles. The van der Waals surface area contributed by atoms with Gasteiger partial charge in [0, 0.05) is 5.69 Å². The molecule has 0 heterocycles. The zero-order chi connectivity index (χ0) is 11.7. The van der Waals surface area contributed by atoms with Crippen molar-refractivity contribution in [3.8, 4) is 0 Å². The quantitative estimate of drug-likeness (QED) is 0.656. The first-order valence-electron chi connectivity index (χ1n) is 6.94. The minimum atomic E-state index is 0.915. The Hall–Kier alpha value is -1.24. The molecular weight excluding hydrogens is 206 g/mol. The van der Waals surface area contributed by atoms with Gasteiger partial charge in [0.15, 0.2) is 0 Å². The minimum absolute atomic E-state index is 0.915. The van der Waals surface area contributed by atoms with Crippen molar-refractivity contribution in [1.82, 2.24) is 0 Å². The molecule has 90 valence electrons. The van der Waals surface area contributed by atoms with Gasteiger partial charge in [0.2, 0.25) is 0 Å². The van der Waals surface area contributed by atoms with E-state index in [1.54, 1.807) is 11.1 Å². The van der Waals surface area contributed by atoms with Crippen molar-refractivity contribution in [2.24, 2.45) is 0 Å². The van der Waals surface area contributed by atoms with E-state index in [1.165, 1.54) is 62.5 Å². The average molecular weight is 227 g/mol. The Morgan fingerprint density at radius 3 is 2.47 bits per heavy atom. The van der Waals surface area contributed by atoms with Gasteiger partial charge in [0.25, 0.3) is 0 Å². The van der Waals surface area contributed by atoms with Gasteiger partial charge in [-0.2, -0.15) is 0 Å². The van der Waals surface area contributed by atoms with Gasteiger partial charge in [-0.05, 0) is 73.8 Å². The van der Waals surface area contributed by atoms with Crippen molar-refractivity contribution in [1.29, 1.82) is 0 Å². The summed E-state index contributed by atoms with van der Waals surface area (Å²) in [6.45, 7) is 0. The summed E-state index contributed by atoms with van der Waals surface area (Å²) in [6, 6.07) is 6.49. The van der Waals surface area contributed by atoms with E-state index in [0.29, 0.717) is 0 Å². The van der Waals surface area contributed by atoms with Crippen LogP contribution in [0.25, 0.3) is 5.57 Å². The van der Waals surface area contributed by atoms with Crippen LogP contribution in [0.1, 0.15) is 56.1 Å². The van der Waals surface area contributed by atoms with E-state index >= 15 is 0 Å². The second-order valence-corrected chi connectivity index (χ2v) is 5.41. The molecule has 2 N–H and O–H groups in total. The summed E-state index contributed by atoms with van der Waals surface area (Å²) in [5, 5.41) is 0. The molecule has 0 amide bonds. The molecule has 1 fully saturated rings. The molecule has 3 rings (SSSR count). The molecule has 1 aromatic rings. The number of nitrogens with two attached hydrogens (primary N) is 1. The highest BCUT2D eigenvalue weighted by molar-refractivity contribution is 5.74. The number of anilines is 1. The van der Waals surface area contributed by atoms with Gasteiger partial charge in [-0.25, -0.2) is 0 Å². The Balaban J connectivity index is 2.04. The number of hydrogen-bond acceptors (Lipinski definition) is 1. The third-order valence-electron chi connectivity index (χ3n) is 4.21. The number of nitrogen functional groups attached to an aromatic ring is 1. The zero-order valence-electron chi connectivity index (χ0n) is 10.5. The molecule has 0 bridgehead atoms. The van der Waals surface area contributed by atoms with Crippen LogP contribution in [0.15, 0.2) is 23.8 Å². The maximum Gasteiger partial charge on any atom is 0.0317 e. The molecule has 0 aromatic heterocycles. The number of benzene rings is 1. The van der Waals surface area contributed by atoms with Crippen LogP contribution in [0.3, 0.4) is 0 Å². The standard InChI is InChI=1S/C16H21N/c17-14-9-10-16-13(11-14)7-4-8-15(16)12-5-2-1-3-6-12/h9-11H,1-8,17H2. The third kappa shape index (κ3) is 2.11. The summed E-state index contributed by atoms with van der Waals surface area (Å²) in [6.07, 6.45) is 10.7. The fourth-order valence-electron chi connectivity index (χ4n) is 3.35. The third-order valence-corrected chi connectivity index (χ3v) is 4.21. The Morgan fingerprint density at radius 1 is 0.824 bits per heavy atom. The van der Waals surface area contributed by atoms with E-state index < -0.39 is 0 Å². The number of aryl methyl sites for hydroxylation is 1. The Labute approximate surface area is 104 Å². The van der Waals surface area contributed by atoms with Crippen LogP contribution in [0.2, 0.25) is 0 Å². The average Bonchev–Trinajstić information content (AvgIpc) is 2.39. The monoisotopic (exact) mass is 227 g/mol. The van der Waals surface area contributed by atoms with Crippen molar-refractivity contribution < 1.29 is 0 Å². The molecule has 2 aliphatic rings. The molecule has 1 nitrogen and oxygen atoms in total. The first-order valence-corrected chi connectivity index (χ1v) is 6.94. The fourth-order valence-corrected chi connectivity index (χ4v) is 3.35. The topological polar surface area (TPSA) is 26.0 Å². The van der Waals surface area contributed by atoms with Gasteiger partial charge in [-0.15, -0.1) is 0 Å². The second kappa shape index (κ2) is 4.56. The lowest BCUT2D eigenvalue weighted by atomic mass is 9.80. The molecule has 0 spiro atoms. The molecule has 17 heavy (non-hydrogen) atoms. The smallest absolute Gasteiger partial charge is 0.0317 e. The predicted octanol–water partition coefficient (Wildman–Crippen LogP) is 4.32. The minimum Gasteiger partial charge on any atom is -0.399 e. The van der Waals surface area contributed by atoms with Crippen LogP contribution in [0.4, 0.5) is 5.69 Å². The largest absolute Gasteiger partial charge is 0.399 e. The second-order valence-electron chi connectivity index (χ2n) is 5.41. The molecular formula is C16H21N. The van der Waals surface area contributed by atoms with Crippen LogP contribution >= 0.6 is 0 Å². The molecule has 0 unspecified atom stereocenters. The summed E-state index contributed by atoms with van der Waals surface area (Å²) >= 11 is 0. The number of allylic oxidation sites excluding steroid dienone is 2. The van der Waals surface area contributed by atoms with Crippen molar-refractivity contribution in [2.45, 2.75) is 51.4 Å². The Morgan fingerprint density at radius 2 is 1.65 bits per heavy atom. The van der Waals surface area contributed by atoms with E-state index in [9.17, 15) is 0 Å². The van der Waals surface area contributed by atoms with Crippen molar-refractivity contribution in [3.63, 3.8) is 0 Å². The molecule has 2 aliphatic carbocycles. The first-order chi connectivity index (χ1) is 8.34. The van der Waals surface area contributed by atoms with E-state index in [0.717, 1.165) is 5.69 Å². The van der Waals surface area contributed by atoms with Gasteiger partial charge >= 0.3 is 0 Å². The van der Waals surface area contributed by atoms with Crippen molar-refractivity contribution in [3.05, 3.63) is 34.9 Å². The molecule has 0 atom stereocenters. The number of rotatable bonds is 0. The lowest BCUT2D eigenvalue weighted by molar-refractivity contribution is 0.597. The summed E-state index contributed by atoms with van der Waals surface area (Å²) < 4.78 is 0. The lowest BCUT2D eigenvalue weighted by Crippen LogP contribution is -2.07. The van der Waals surface area contributed by atoms with Crippen LogP contribution in [0.5, 0.6) is 0 Å². The Kier molecular flexibility index (Phi) is 2.92. The van der Waals surface area contributed by atoms with E-state index in [-0.39, 0.29) is 0 Å². The highest BCUT2D eigenvalue weighted by atomic mass is 14.5. The fraction of sp³-hybridized carbons (Fsp3) is 0.500. The lowest BCUT2D eigenvalue weighted by Gasteiger charge is -2.25. The van der Waals surface area contributed by atoms with Gasteiger partial charge in [0.1, 0.15) is 0 Å². The van der Waals surface area contributed by atoms with E-state index in [1.807, 2.05) is 0 Å². The Bertz CT molecular complexity index is 449. The molecule has 0 radical (unpaired) electrons. The molecule has 0 aliphatic heterocycles. The van der Waals surface area contributed by atoms with Crippen LogP contribution in [0, 0.1) is 0 Å². The molecule has 1 heteroatoms. The number of fused-ring (bicyclic) bond motifs is 1. The molecule has 1 aromatic carbocycles. The highest BCUT2D eigenvalue weighted by Gasteiger charge is 2.18. The van der Waals surface area contributed by atoms with Crippen LogP contribution in [-0.2, 0) is 6.42 Å². The predicted molar refractivity (Wildman–Crippen MR) is 73.8 cm³/mol. The summed E-state index contributed by atoms with van der Waals surface area (Å²) in [7, 11) is 0. The van der Waals surface area contributed by atoms with Crippen molar-refractivity contribution in [2.75, 3.05) is 5.73 Å². The number of hydrogen-bond donors (Lipinski definition) is 1. The van der Waals surface area contributed by atoms with E-state index in [4.69, 9.17) is 5.73 Å². The summed E-state index contributed by atoms with van der Waals surface area (Å²) in [4.78, 5) is 0. The first kappa shape index (κ1) is 10.9.